The van der Waals surface area contributed by atoms with Crippen molar-refractivity contribution in [3.8, 4) is 5.75 Å². The molecule has 21 heavy (non-hydrogen) atoms. The Hall–Kier alpha value is -2.08. The summed E-state index contributed by atoms with van der Waals surface area (Å²) < 4.78 is 0. The Kier molecular flexibility index (Phi) is 4.80. The minimum Gasteiger partial charge on any atom is -0.508 e. The van der Waals surface area contributed by atoms with Crippen molar-refractivity contribution in [2.75, 3.05) is 33.7 Å². The number of benzene rings is 1. The average Bonchev–Trinajstić information content (AvgIpc) is 2.43. The number of phenolic OH excluding ortho intramolecular Hbond substituents is 1. The van der Waals surface area contributed by atoms with Gasteiger partial charge < -0.3 is 20.2 Å². The maximum absolute atomic E-state index is 12.4. The Morgan fingerprint density at radius 1 is 1.29 bits per heavy atom. The van der Waals surface area contributed by atoms with Crippen LogP contribution in [0.15, 0.2) is 24.3 Å². The molecular formula is C15H21N3O3. The standard InChI is InChI=1S/C15H21N3O3/c1-17(2)7-8-18-10-14(20)16-13(15(18)21)9-11-3-5-12(19)6-4-11/h3-6,13,19H,7-10H2,1-2H3,(H,16,20)/t13-/m1/s1. The van der Waals surface area contributed by atoms with Crippen LogP contribution in [0.2, 0.25) is 0 Å². The van der Waals surface area contributed by atoms with E-state index in [4.69, 9.17) is 0 Å². The number of phenols is 1. The van der Waals surface area contributed by atoms with Gasteiger partial charge in [-0.25, -0.2) is 0 Å². The minimum absolute atomic E-state index is 0.0514. The van der Waals surface area contributed by atoms with E-state index in [0.717, 1.165) is 12.1 Å². The second kappa shape index (κ2) is 6.58. The number of rotatable bonds is 5. The van der Waals surface area contributed by atoms with Crippen LogP contribution < -0.4 is 5.32 Å². The summed E-state index contributed by atoms with van der Waals surface area (Å²) in [6.45, 7) is 1.40. The Bertz CT molecular complexity index is 513. The zero-order valence-electron chi connectivity index (χ0n) is 12.4. The summed E-state index contributed by atoms with van der Waals surface area (Å²) in [6, 6.07) is 6.14. The molecule has 1 heterocycles. The van der Waals surface area contributed by atoms with Crippen molar-refractivity contribution in [1.82, 2.24) is 15.1 Å². The summed E-state index contributed by atoms with van der Waals surface area (Å²) in [4.78, 5) is 27.7. The van der Waals surface area contributed by atoms with Gasteiger partial charge in [0.25, 0.3) is 0 Å². The number of amides is 2. The molecular weight excluding hydrogens is 270 g/mol. The molecule has 1 fully saturated rings. The highest BCUT2D eigenvalue weighted by Crippen LogP contribution is 2.13. The third-order valence-electron chi connectivity index (χ3n) is 3.47. The average molecular weight is 291 g/mol. The molecule has 0 saturated carbocycles. The van der Waals surface area contributed by atoms with E-state index in [1.165, 1.54) is 0 Å². The third kappa shape index (κ3) is 4.19. The summed E-state index contributed by atoms with van der Waals surface area (Å²) in [5.74, 6) is 0.00650. The van der Waals surface area contributed by atoms with E-state index in [1.54, 1.807) is 29.2 Å². The molecule has 1 aliphatic heterocycles. The zero-order chi connectivity index (χ0) is 15.4. The van der Waals surface area contributed by atoms with Crippen LogP contribution >= 0.6 is 0 Å². The molecule has 114 valence electrons. The van der Waals surface area contributed by atoms with Crippen molar-refractivity contribution in [2.45, 2.75) is 12.5 Å². The van der Waals surface area contributed by atoms with Gasteiger partial charge in [0.1, 0.15) is 11.8 Å². The summed E-state index contributed by atoms with van der Waals surface area (Å²) in [7, 11) is 3.87. The van der Waals surface area contributed by atoms with E-state index in [0.29, 0.717) is 13.0 Å². The van der Waals surface area contributed by atoms with E-state index in [2.05, 4.69) is 5.32 Å². The lowest BCUT2D eigenvalue weighted by atomic mass is 10.0. The fourth-order valence-corrected chi connectivity index (χ4v) is 2.29. The summed E-state index contributed by atoms with van der Waals surface area (Å²) in [6.07, 6.45) is 0.434. The number of likely N-dealkylation sites (N-methyl/N-ethyl adjacent to an activating group) is 1. The first-order valence-electron chi connectivity index (χ1n) is 6.96. The number of carbonyl (C=O) groups excluding carboxylic acids is 2. The molecule has 6 heteroatoms. The van der Waals surface area contributed by atoms with Crippen molar-refractivity contribution < 1.29 is 14.7 Å². The van der Waals surface area contributed by atoms with Crippen molar-refractivity contribution in [3.05, 3.63) is 29.8 Å². The number of carbonyl (C=O) groups is 2. The second-order valence-corrected chi connectivity index (χ2v) is 5.55. The van der Waals surface area contributed by atoms with Crippen LogP contribution in [-0.2, 0) is 16.0 Å². The summed E-state index contributed by atoms with van der Waals surface area (Å²) in [5.41, 5.74) is 0.904. The van der Waals surface area contributed by atoms with Crippen LogP contribution in [-0.4, -0.2) is 66.5 Å². The van der Waals surface area contributed by atoms with Crippen LogP contribution in [0.5, 0.6) is 5.75 Å². The SMILES string of the molecule is CN(C)CCN1CC(=O)N[C@H](Cc2ccc(O)cc2)C1=O. The maximum atomic E-state index is 12.4. The number of hydrogen-bond acceptors (Lipinski definition) is 4. The van der Waals surface area contributed by atoms with Gasteiger partial charge >= 0.3 is 0 Å². The summed E-state index contributed by atoms with van der Waals surface area (Å²) in [5, 5.41) is 12.0. The fraction of sp³-hybridized carbons (Fsp3) is 0.467. The molecule has 0 aromatic heterocycles. The van der Waals surface area contributed by atoms with Crippen molar-refractivity contribution in [2.24, 2.45) is 0 Å². The largest absolute Gasteiger partial charge is 0.508 e. The van der Waals surface area contributed by atoms with Crippen LogP contribution in [0.4, 0.5) is 0 Å². The van der Waals surface area contributed by atoms with Crippen molar-refractivity contribution >= 4 is 11.8 Å². The third-order valence-corrected chi connectivity index (χ3v) is 3.47. The fourth-order valence-electron chi connectivity index (χ4n) is 2.29. The van der Waals surface area contributed by atoms with E-state index in [9.17, 15) is 14.7 Å². The van der Waals surface area contributed by atoms with Crippen molar-refractivity contribution in [1.29, 1.82) is 0 Å². The Labute approximate surface area is 124 Å². The van der Waals surface area contributed by atoms with Gasteiger partial charge in [0, 0.05) is 19.5 Å². The number of hydrogen-bond donors (Lipinski definition) is 2. The normalized spacial score (nSPS) is 19.0. The van der Waals surface area contributed by atoms with Crippen LogP contribution in [0.3, 0.4) is 0 Å². The van der Waals surface area contributed by atoms with E-state index in [1.807, 2.05) is 19.0 Å². The molecule has 0 aliphatic carbocycles. The molecule has 0 bridgehead atoms. The summed E-state index contributed by atoms with van der Waals surface area (Å²) >= 11 is 0. The number of nitrogens with zero attached hydrogens (tertiary/aromatic N) is 2. The molecule has 1 aliphatic rings. The molecule has 6 nitrogen and oxygen atoms in total. The predicted molar refractivity (Wildman–Crippen MR) is 78.9 cm³/mol. The molecule has 2 rings (SSSR count). The van der Waals surface area contributed by atoms with Gasteiger partial charge in [0.05, 0.1) is 6.54 Å². The number of nitrogens with one attached hydrogen (secondary N) is 1. The van der Waals surface area contributed by atoms with Gasteiger partial charge in [0.2, 0.25) is 11.8 Å². The smallest absolute Gasteiger partial charge is 0.246 e. The monoisotopic (exact) mass is 291 g/mol. The lowest BCUT2D eigenvalue weighted by Crippen LogP contribution is -2.59. The maximum Gasteiger partial charge on any atom is 0.246 e. The lowest BCUT2D eigenvalue weighted by Gasteiger charge is -2.33. The molecule has 0 radical (unpaired) electrons. The minimum atomic E-state index is -0.530. The molecule has 2 amide bonds. The van der Waals surface area contributed by atoms with Crippen LogP contribution in [0.25, 0.3) is 0 Å². The molecule has 1 aromatic carbocycles. The van der Waals surface area contributed by atoms with Gasteiger partial charge in [-0.1, -0.05) is 12.1 Å². The first-order valence-corrected chi connectivity index (χ1v) is 6.96. The quantitative estimate of drug-likeness (QED) is 0.789. The first-order chi connectivity index (χ1) is 9.95. The molecule has 1 saturated heterocycles. The Morgan fingerprint density at radius 2 is 1.95 bits per heavy atom. The highest BCUT2D eigenvalue weighted by atomic mass is 16.3. The lowest BCUT2D eigenvalue weighted by molar-refractivity contribution is -0.144. The highest BCUT2D eigenvalue weighted by molar-refractivity contribution is 5.95. The van der Waals surface area contributed by atoms with Gasteiger partial charge in [-0.2, -0.15) is 0 Å². The first kappa shape index (κ1) is 15.3. The zero-order valence-corrected chi connectivity index (χ0v) is 12.4. The van der Waals surface area contributed by atoms with Gasteiger partial charge in [-0.3, -0.25) is 9.59 Å². The van der Waals surface area contributed by atoms with E-state index < -0.39 is 6.04 Å². The number of piperazine rings is 1. The highest BCUT2D eigenvalue weighted by Gasteiger charge is 2.32. The van der Waals surface area contributed by atoms with Crippen LogP contribution in [0.1, 0.15) is 5.56 Å². The van der Waals surface area contributed by atoms with Crippen LogP contribution in [0, 0.1) is 0 Å². The van der Waals surface area contributed by atoms with Crippen molar-refractivity contribution in [3.63, 3.8) is 0 Å². The molecule has 2 N–H and O–H groups in total. The molecule has 0 spiro atoms. The predicted octanol–water partition coefficient (Wildman–Crippen LogP) is -0.177. The Balaban J connectivity index is 2.02. The Morgan fingerprint density at radius 3 is 2.57 bits per heavy atom. The van der Waals surface area contributed by atoms with E-state index in [-0.39, 0.29) is 24.1 Å². The van der Waals surface area contributed by atoms with Gasteiger partial charge in [-0.05, 0) is 31.8 Å². The van der Waals surface area contributed by atoms with Gasteiger partial charge in [0.15, 0.2) is 0 Å². The molecule has 1 atom stereocenters. The topological polar surface area (TPSA) is 72.9 Å². The number of aromatic hydroxyl groups is 1. The van der Waals surface area contributed by atoms with E-state index >= 15 is 0 Å². The molecule has 1 aromatic rings. The van der Waals surface area contributed by atoms with Gasteiger partial charge in [-0.15, -0.1) is 0 Å². The molecule has 0 unspecified atom stereocenters. The second-order valence-electron chi connectivity index (χ2n) is 5.55.